The lowest BCUT2D eigenvalue weighted by molar-refractivity contribution is -0.252. The van der Waals surface area contributed by atoms with Gasteiger partial charge in [0.2, 0.25) is 11.8 Å². The molecule has 0 spiro atoms. The Kier molecular flexibility index (Phi) is 12.6. The number of carbonyl (C=O) groups is 2. The summed E-state index contributed by atoms with van der Waals surface area (Å²) < 4.78 is 12.9. The molecule has 43 heavy (non-hydrogen) atoms. The van der Waals surface area contributed by atoms with Crippen molar-refractivity contribution in [3.63, 3.8) is 0 Å². The van der Waals surface area contributed by atoms with Crippen LogP contribution >= 0.6 is 0 Å². The molecule has 0 saturated carbocycles. The first-order chi connectivity index (χ1) is 20.9. The highest BCUT2D eigenvalue weighted by Crippen LogP contribution is 2.38. The maximum atomic E-state index is 12.4. The molecule has 4 N–H and O–H groups in total. The molecule has 2 aromatic carbocycles. The van der Waals surface area contributed by atoms with E-state index in [1.54, 1.807) is 5.48 Å². The number of carbonyl (C=O) groups excluding carboxylic acids is 2. The van der Waals surface area contributed by atoms with Gasteiger partial charge in [-0.25, -0.2) is 5.48 Å². The number of pyridine rings is 1. The second-order valence-electron chi connectivity index (χ2n) is 10.9. The monoisotopic (exact) mass is 590 g/mol. The van der Waals surface area contributed by atoms with Gasteiger partial charge in [0.1, 0.15) is 0 Å². The molecule has 1 fully saturated rings. The van der Waals surface area contributed by atoms with E-state index in [-0.39, 0.29) is 31.1 Å². The summed E-state index contributed by atoms with van der Waals surface area (Å²) in [5.41, 5.74) is 6.10. The fraction of sp³-hybridized carbons (Fsp3) is 0.424. The van der Waals surface area contributed by atoms with E-state index < -0.39 is 12.2 Å². The zero-order valence-electron chi connectivity index (χ0n) is 24.7. The number of amides is 2. The Morgan fingerprint density at radius 3 is 2.33 bits per heavy atom. The largest absolute Gasteiger partial charge is 0.392 e. The van der Waals surface area contributed by atoms with Gasteiger partial charge in [-0.1, -0.05) is 48.9 Å². The van der Waals surface area contributed by atoms with Crippen molar-refractivity contribution in [2.75, 3.05) is 25.5 Å². The van der Waals surface area contributed by atoms with Crippen molar-refractivity contribution in [1.29, 1.82) is 0 Å². The fourth-order valence-electron chi connectivity index (χ4n) is 5.07. The van der Waals surface area contributed by atoms with Crippen LogP contribution < -0.4 is 10.8 Å². The van der Waals surface area contributed by atoms with Crippen molar-refractivity contribution in [2.45, 2.75) is 70.1 Å². The number of aliphatic hydroxyl groups excluding tert-OH is 1. The predicted molar refractivity (Wildman–Crippen MR) is 162 cm³/mol. The van der Waals surface area contributed by atoms with Gasteiger partial charge in [-0.3, -0.25) is 19.8 Å². The van der Waals surface area contributed by atoms with Crippen LogP contribution in [0, 0.1) is 0 Å². The van der Waals surface area contributed by atoms with E-state index in [1.807, 2.05) is 72.9 Å². The number of hydroxylamine groups is 1. The molecule has 2 heterocycles. The standard InChI is InChI=1S/C33H42N4O6/c1-37(20-18-27-7-5-6-19-34-27)22-29-21-30(25-12-10-24(23-38)11-13-25)43-33(42-29)26-14-16-28(17-15-26)35-31(39)8-3-2-4-9-32(40)36-41/h5-7,10-17,19,29-30,33,38,41H,2-4,8-9,18,20-23H2,1H3,(H,35,39)(H,36,40). The molecule has 1 aliphatic rings. The van der Waals surface area contributed by atoms with E-state index in [9.17, 15) is 14.7 Å². The van der Waals surface area contributed by atoms with Gasteiger partial charge in [0.25, 0.3) is 0 Å². The minimum Gasteiger partial charge on any atom is -0.392 e. The van der Waals surface area contributed by atoms with Crippen LogP contribution in [0.3, 0.4) is 0 Å². The van der Waals surface area contributed by atoms with Crippen LogP contribution in [0.4, 0.5) is 5.69 Å². The van der Waals surface area contributed by atoms with E-state index in [2.05, 4.69) is 22.2 Å². The summed E-state index contributed by atoms with van der Waals surface area (Å²) in [6.45, 7) is 1.58. The molecule has 230 valence electrons. The van der Waals surface area contributed by atoms with Crippen LogP contribution in [-0.4, -0.2) is 58.3 Å². The highest BCUT2D eigenvalue weighted by molar-refractivity contribution is 5.90. The molecular weight excluding hydrogens is 548 g/mol. The smallest absolute Gasteiger partial charge is 0.243 e. The van der Waals surface area contributed by atoms with Gasteiger partial charge >= 0.3 is 0 Å². The number of aliphatic hydroxyl groups is 1. The summed E-state index contributed by atoms with van der Waals surface area (Å²) in [5.74, 6) is -0.509. The third-order valence-corrected chi connectivity index (χ3v) is 7.51. The molecule has 1 saturated heterocycles. The van der Waals surface area contributed by atoms with E-state index in [1.165, 1.54) is 0 Å². The van der Waals surface area contributed by atoms with Gasteiger partial charge in [0.05, 0.1) is 18.8 Å². The van der Waals surface area contributed by atoms with Gasteiger partial charge < -0.3 is 24.8 Å². The van der Waals surface area contributed by atoms with Crippen LogP contribution in [0.15, 0.2) is 72.9 Å². The normalized spacial score (nSPS) is 18.4. The molecule has 0 aliphatic carbocycles. The van der Waals surface area contributed by atoms with Crippen molar-refractivity contribution < 1.29 is 29.4 Å². The topological polar surface area (TPSA) is 133 Å². The third kappa shape index (κ3) is 10.5. The highest BCUT2D eigenvalue weighted by atomic mass is 16.7. The van der Waals surface area contributed by atoms with Gasteiger partial charge in [-0.15, -0.1) is 0 Å². The lowest BCUT2D eigenvalue weighted by Gasteiger charge is -2.38. The van der Waals surface area contributed by atoms with E-state index in [0.29, 0.717) is 31.4 Å². The molecule has 4 rings (SSSR count). The molecule has 3 aromatic rings. The van der Waals surface area contributed by atoms with E-state index in [0.717, 1.165) is 48.3 Å². The van der Waals surface area contributed by atoms with Gasteiger partial charge in [-0.05, 0) is 55.3 Å². The number of nitrogens with zero attached hydrogens (tertiary/aromatic N) is 2. The van der Waals surface area contributed by atoms with Gasteiger partial charge in [0.15, 0.2) is 6.29 Å². The second kappa shape index (κ2) is 16.8. The average molecular weight is 591 g/mol. The fourth-order valence-corrected chi connectivity index (χ4v) is 5.07. The molecule has 0 radical (unpaired) electrons. The highest BCUT2D eigenvalue weighted by Gasteiger charge is 2.32. The third-order valence-electron chi connectivity index (χ3n) is 7.51. The second-order valence-corrected chi connectivity index (χ2v) is 10.9. The van der Waals surface area contributed by atoms with Crippen molar-refractivity contribution in [2.24, 2.45) is 0 Å². The minimum atomic E-state index is -0.577. The van der Waals surface area contributed by atoms with Crippen LogP contribution in [0.1, 0.15) is 73.3 Å². The van der Waals surface area contributed by atoms with E-state index >= 15 is 0 Å². The minimum absolute atomic E-state index is 0.00648. The number of likely N-dealkylation sites (N-methyl/N-ethyl adjacent to an activating group) is 1. The molecule has 10 heteroatoms. The first-order valence-corrected chi connectivity index (χ1v) is 14.9. The number of benzene rings is 2. The molecule has 3 unspecified atom stereocenters. The Bertz CT molecular complexity index is 1270. The van der Waals surface area contributed by atoms with Gasteiger partial charge in [-0.2, -0.15) is 0 Å². The van der Waals surface area contributed by atoms with E-state index in [4.69, 9.17) is 14.7 Å². The Morgan fingerprint density at radius 1 is 0.930 bits per heavy atom. The Morgan fingerprint density at radius 2 is 1.65 bits per heavy atom. The average Bonchev–Trinajstić information content (AvgIpc) is 3.04. The lowest BCUT2D eigenvalue weighted by atomic mass is 9.99. The summed E-state index contributed by atoms with van der Waals surface area (Å²) in [6, 6.07) is 21.3. The Hall–Kier alpha value is -3.67. The Labute approximate surface area is 253 Å². The molecule has 0 bridgehead atoms. The number of rotatable bonds is 15. The van der Waals surface area contributed by atoms with Crippen LogP contribution in [-0.2, 0) is 32.1 Å². The zero-order valence-corrected chi connectivity index (χ0v) is 24.7. The number of ether oxygens (including phenoxy) is 2. The van der Waals surface area contributed by atoms with Crippen molar-refractivity contribution in [3.05, 3.63) is 95.3 Å². The van der Waals surface area contributed by atoms with Crippen LogP contribution in [0.25, 0.3) is 0 Å². The maximum Gasteiger partial charge on any atom is 0.243 e. The van der Waals surface area contributed by atoms with Crippen LogP contribution in [0.2, 0.25) is 0 Å². The molecule has 3 atom stereocenters. The summed E-state index contributed by atoms with van der Waals surface area (Å²) in [4.78, 5) is 30.1. The Balaban J connectivity index is 1.35. The van der Waals surface area contributed by atoms with Crippen molar-refractivity contribution >= 4 is 17.5 Å². The molecule has 10 nitrogen and oxygen atoms in total. The molecular formula is C33H42N4O6. The summed E-state index contributed by atoms with van der Waals surface area (Å²) in [7, 11) is 2.09. The summed E-state index contributed by atoms with van der Waals surface area (Å²) in [5, 5.41) is 20.9. The number of nitrogens with one attached hydrogen (secondary N) is 2. The summed E-state index contributed by atoms with van der Waals surface area (Å²) in [6.07, 6.45) is 5.12. The quantitative estimate of drug-likeness (QED) is 0.114. The predicted octanol–water partition coefficient (Wildman–Crippen LogP) is 4.69. The first-order valence-electron chi connectivity index (χ1n) is 14.9. The van der Waals surface area contributed by atoms with Gasteiger partial charge in [0, 0.05) is 61.9 Å². The van der Waals surface area contributed by atoms with Crippen molar-refractivity contribution in [3.8, 4) is 0 Å². The number of hydrogen-bond donors (Lipinski definition) is 4. The maximum absolute atomic E-state index is 12.4. The lowest BCUT2D eigenvalue weighted by Crippen LogP contribution is -2.38. The number of unbranched alkanes of at least 4 members (excludes halogenated alkanes) is 2. The SMILES string of the molecule is CN(CCc1ccccn1)CC1CC(c2ccc(CO)cc2)OC(c2ccc(NC(=O)CCCCCC(=O)NO)cc2)O1. The number of hydrogen-bond acceptors (Lipinski definition) is 8. The molecule has 1 aliphatic heterocycles. The molecule has 2 amide bonds. The summed E-state index contributed by atoms with van der Waals surface area (Å²) >= 11 is 0. The number of anilines is 1. The zero-order chi connectivity index (χ0) is 30.4. The first kappa shape index (κ1) is 32.2. The number of aromatic nitrogens is 1. The molecule has 1 aromatic heterocycles. The van der Waals surface area contributed by atoms with Crippen LogP contribution in [0.5, 0.6) is 0 Å². The van der Waals surface area contributed by atoms with Crippen molar-refractivity contribution in [1.82, 2.24) is 15.4 Å².